The summed E-state index contributed by atoms with van der Waals surface area (Å²) >= 11 is 0. The second kappa shape index (κ2) is 6.63. The Morgan fingerprint density at radius 3 is 2.65 bits per heavy atom. The van der Waals surface area contributed by atoms with Crippen molar-refractivity contribution in [3.63, 3.8) is 0 Å². The largest absolute Gasteiger partial charge is 0.508 e. The first-order valence-electron chi connectivity index (χ1n) is 8.66. The molecule has 3 aromatic rings. The summed E-state index contributed by atoms with van der Waals surface area (Å²) in [7, 11) is 0. The molecule has 1 aliphatic carbocycles. The average molecular weight is 349 g/mol. The molecule has 0 bridgehead atoms. The Kier molecular flexibility index (Phi) is 4.16. The lowest BCUT2D eigenvalue weighted by Gasteiger charge is -2.23. The molecule has 6 nitrogen and oxygen atoms in total. The van der Waals surface area contributed by atoms with Crippen molar-refractivity contribution >= 4 is 16.7 Å². The predicted octanol–water partition coefficient (Wildman–Crippen LogP) is 2.68. The number of rotatable bonds is 5. The van der Waals surface area contributed by atoms with Gasteiger partial charge < -0.3 is 10.0 Å². The van der Waals surface area contributed by atoms with E-state index in [0.29, 0.717) is 29.8 Å². The SMILES string of the molecule is O=C(c1n[nH]c(=O)c2ccccc12)N(Cc1cccc(O)c1)CC1CC1. The van der Waals surface area contributed by atoms with Crippen molar-refractivity contribution in [3.05, 3.63) is 70.1 Å². The lowest BCUT2D eigenvalue weighted by atomic mass is 10.1. The third kappa shape index (κ3) is 3.31. The number of aromatic amines is 1. The number of aromatic nitrogens is 2. The number of hydrogen-bond acceptors (Lipinski definition) is 4. The van der Waals surface area contributed by atoms with Gasteiger partial charge in [0.25, 0.3) is 11.5 Å². The van der Waals surface area contributed by atoms with E-state index in [0.717, 1.165) is 18.4 Å². The van der Waals surface area contributed by atoms with Gasteiger partial charge in [0.1, 0.15) is 5.75 Å². The summed E-state index contributed by atoms with van der Waals surface area (Å²) in [5.74, 6) is 0.465. The number of phenolic OH excluding ortho intramolecular Hbond substituents is 1. The number of nitrogens with one attached hydrogen (secondary N) is 1. The molecule has 0 saturated heterocycles. The highest BCUT2D eigenvalue weighted by Crippen LogP contribution is 2.31. The Labute approximate surface area is 150 Å². The monoisotopic (exact) mass is 349 g/mol. The zero-order valence-corrected chi connectivity index (χ0v) is 14.2. The minimum atomic E-state index is -0.307. The standard InChI is InChI=1S/C20H19N3O3/c24-15-5-3-4-14(10-15)12-23(11-13-8-9-13)20(26)18-16-6-1-2-7-17(16)19(25)22-21-18/h1-7,10,13,24H,8-9,11-12H2,(H,22,25). The number of amides is 1. The summed E-state index contributed by atoms with van der Waals surface area (Å²) in [6.07, 6.45) is 2.23. The molecule has 0 spiro atoms. The van der Waals surface area contributed by atoms with Crippen molar-refractivity contribution in [3.8, 4) is 5.75 Å². The van der Waals surface area contributed by atoms with Crippen LogP contribution in [0.2, 0.25) is 0 Å². The number of phenols is 1. The van der Waals surface area contributed by atoms with Gasteiger partial charge in [-0.2, -0.15) is 5.10 Å². The molecule has 1 fully saturated rings. The molecule has 0 radical (unpaired) electrons. The van der Waals surface area contributed by atoms with E-state index in [1.807, 2.05) is 6.07 Å². The highest BCUT2D eigenvalue weighted by atomic mass is 16.3. The molecule has 0 unspecified atom stereocenters. The first-order chi connectivity index (χ1) is 12.6. The molecule has 1 amide bonds. The summed E-state index contributed by atoms with van der Waals surface area (Å²) in [6.45, 7) is 1.03. The van der Waals surface area contributed by atoms with Crippen LogP contribution in [0.15, 0.2) is 53.3 Å². The van der Waals surface area contributed by atoms with Crippen LogP contribution in [0, 0.1) is 5.92 Å². The molecule has 132 valence electrons. The molecule has 0 atom stereocenters. The Balaban J connectivity index is 1.70. The molecule has 6 heteroatoms. The number of nitrogens with zero attached hydrogens (tertiary/aromatic N) is 2. The maximum Gasteiger partial charge on any atom is 0.275 e. The van der Waals surface area contributed by atoms with Gasteiger partial charge in [-0.15, -0.1) is 0 Å². The lowest BCUT2D eigenvalue weighted by Crippen LogP contribution is -2.34. The highest BCUT2D eigenvalue weighted by molar-refractivity contribution is 6.04. The maximum atomic E-state index is 13.2. The smallest absolute Gasteiger partial charge is 0.275 e. The van der Waals surface area contributed by atoms with Crippen LogP contribution < -0.4 is 5.56 Å². The molecule has 2 N–H and O–H groups in total. The molecule has 26 heavy (non-hydrogen) atoms. The Morgan fingerprint density at radius 1 is 1.15 bits per heavy atom. The Morgan fingerprint density at radius 2 is 1.92 bits per heavy atom. The molecular formula is C20H19N3O3. The van der Waals surface area contributed by atoms with E-state index in [4.69, 9.17) is 0 Å². The van der Waals surface area contributed by atoms with E-state index in [1.54, 1.807) is 47.4 Å². The van der Waals surface area contributed by atoms with Crippen LogP contribution in [-0.2, 0) is 6.54 Å². The second-order valence-corrected chi connectivity index (χ2v) is 6.75. The summed E-state index contributed by atoms with van der Waals surface area (Å²) in [6, 6.07) is 13.9. The molecule has 1 aromatic heterocycles. The van der Waals surface area contributed by atoms with Crippen LogP contribution in [-0.4, -0.2) is 32.7 Å². The Bertz CT molecular complexity index is 1020. The fourth-order valence-electron chi connectivity index (χ4n) is 3.13. The third-order valence-corrected chi connectivity index (χ3v) is 4.65. The number of H-pyrrole nitrogens is 1. The van der Waals surface area contributed by atoms with Gasteiger partial charge in [-0.1, -0.05) is 30.3 Å². The molecule has 1 aliphatic rings. The van der Waals surface area contributed by atoms with Crippen molar-refractivity contribution < 1.29 is 9.90 Å². The molecule has 4 rings (SSSR count). The number of aromatic hydroxyl groups is 1. The number of carbonyl (C=O) groups excluding carboxylic acids is 1. The number of fused-ring (bicyclic) bond motifs is 1. The van der Waals surface area contributed by atoms with Crippen LogP contribution in [0.3, 0.4) is 0 Å². The van der Waals surface area contributed by atoms with E-state index in [1.165, 1.54) is 0 Å². The molecule has 1 saturated carbocycles. The first-order valence-corrected chi connectivity index (χ1v) is 8.66. The molecule has 0 aliphatic heterocycles. The van der Waals surface area contributed by atoms with E-state index < -0.39 is 0 Å². The minimum absolute atomic E-state index is 0.175. The van der Waals surface area contributed by atoms with Gasteiger partial charge in [0.05, 0.1) is 5.39 Å². The van der Waals surface area contributed by atoms with Crippen LogP contribution in [0.4, 0.5) is 0 Å². The zero-order chi connectivity index (χ0) is 18.1. The average Bonchev–Trinajstić information content (AvgIpc) is 3.45. The van der Waals surface area contributed by atoms with E-state index in [9.17, 15) is 14.7 Å². The number of carbonyl (C=O) groups is 1. The normalized spacial score (nSPS) is 13.7. The van der Waals surface area contributed by atoms with Crippen molar-refractivity contribution in [1.82, 2.24) is 15.1 Å². The van der Waals surface area contributed by atoms with Gasteiger partial charge in [-0.3, -0.25) is 9.59 Å². The highest BCUT2D eigenvalue weighted by Gasteiger charge is 2.29. The van der Waals surface area contributed by atoms with Crippen molar-refractivity contribution in [2.45, 2.75) is 19.4 Å². The number of benzene rings is 2. The van der Waals surface area contributed by atoms with E-state index in [2.05, 4.69) is 10.2 Å². The summed E-state index contributed by atoms with van der Waals surface area (Å²) in [5, 5.41) is 17.2. The maximum absolute atomic E-state index is 13.2. The van der Waals surface area contributed by atoms with Gasteiger partial charge in [0.2, 0.25) is 0 Å². The van der Waals surface area contributed by atoms with Gasteiger partial charge in [0, 0.05) is 18.5 Å². The quantitative estimate of drug-likeness (QED) is 0.741. The van der Waals surface area contributed by atoms with Crippen LogP contribution in [0.1, 0.15) is 28.9 Å². The zero-order valence-electron chi connectivity index (χ0n) is 14.2. The van der Waals surface area contributed by atoms with Crippen molar-refractivity contribution in [2.75, 3.05) is 6.54 Å². The second-order valence-electron chi connectivity index (χ2n) is 6.75. The predicted molar refractivity (Wildman–Crippen MR) is 97.9 cm³/mol. The van der Waals surface area contributed by atoms with Crippen molar-refractivity contribution in [1.29, 1.82) is 0 Å². The fraction of sp³-hybridized carbons (Fsp3) is 0.250. The van der Waals surface area contributed by atoms with Crippen LogP contribution in [0.5, 0.6) is 5.75 Å². The summed E-state index contributed by atoms with van der Waals surface area (Å²) in [4.78, 5) is 26.9. The first kappa shape index (κ1) is 16.3. The summed E-state index contributed by atoms with van der Waals surface area (Å²) < 4.78 is 0. The van der Waals surface area contributed by atoms with Crippen molar-refractivity contribution in [2.24, 2.45) is 5.92 Å². The minimum Gasteiger partial charge on any atom is -0.508 e. The van der Waals surface area contributed by atoms with Gasteiger partial charge in [-0.25, -0.2) is 5.10 Å². The summed E-state index contributed by atoms with van der Waals surface area (Å²) in [5.41, 5.74) is 0.799. The lowest BCUT2D eigenvalue weighted by molar-refractivity contribution is 0.0729. The Hall–Kier alpha value is -3.15. The number of hydrogen-bond donors (Lipinski definition) is 2. The topological polar surface area (TPSA) is 86.3 Å². The molecular weight excluding hydrogens is 330 g/mol. The molecule has 2 aromatic carbocycles. The van der Waals surface area contributed by atoms with Gasteiger partial charge >= 0.3 is 0 Å². The fourth-order valence-corrected chi connectivity index (χ4v) is 3.13. The van der Waals surface area contributed by atoms with Crippen LogP contribution >= 0.6 is 0 Å². The van der Waals surface area contributed by atoms with Gasteiger partial charge in [-0.05, 0) is 42.5 Å². The third-order valence-electron chi connectivity index (χ3n) is 4.65. The van der Waals surface area contributed by atoms with E-state index >= 15 is 0 Å². The van der Waals surface area contributed by atoms with E-state index in [-0.39, 0.29) is 22.9 Å². The molecule has 1 heterocycles. The van der Waals surface area contributed by atoms with Gasteiger partial charge in [0.15, 0.2) is 5.69 Å². The van der Waals surface area contributed by atoms with Crippen LogP contribution in [0.25, 0.3) is 10.8 Å².